The van der Waals surface area contributed by atoms with Crippen molar-refractivity contribution >= 4 is 24.0 Å². The molecule has 0 atom stereocenters. The normalized spacial score (nSPS) is 15.6. The van der Waals surface area contributed by atoms with Gasteiger partial charge >= 0.3 is 0 Å². The molecule has 0 radical (unpaired) electrons. The van der Waals surface area contributed by atoms with Gasteiger partial charge in [-0.2, -0.15) is 0 Å². The van der Waals surface area contributed by atoms with Crippen molar-refractivity contribution in [1.29, 1.82) is 0 Å². The summed E-state index contributed by atoms with van der Waals surface area (Å²) in [7, 11) is 0. The number of carbonyl (C=O) groups is 1. The number of para-hydroxylation sites is 1. The molecule has 0 aliphatic carbocycles. The summed E-state index contributed by atoms with van der Waals surface area (Å²) in [6.45, 7) is 5.93. The molecule has 4 rings (SSSR count). The Morgan fingerprint density at radius 3 is 2.36 bits per heavy atom. The van der Waals surface area contributed by atoms with Crippen molar-refractivity contribution in [2.24, 2.45) is 0 Å². The molecule has 0 N–H and O–H groups in total. The van der Waals surface area contributed by atoms with Crippen LogP contribution in [0.5, 0.6) is 0 Å². The number of nitrogens with zero attached hydrogens (tertiary/aromatic N) is 4. The fraction of sp³-hybridized carbons (Fsp3) is 0.400. The average molecular weight is 473 g/mol. The zero-order valence-electron chi connectivity index (χ0n) is 19.0. The molecule has 6 nitrogen and oxygen atoms in total. The standard InChI is InChI=1S/C25H29FN4O2.ClH/c1-3-23(31)30(22-12-8-7-11-21(22)26)25(24-28-27-19(2)32-24)14-17-29(18-15-25)16-13-20-9-5-4-6-10-20;/h4-12H,3,13-18H2,1-2H3;1H. The van der Waals surface area contributed by atoms with Gasteiger partial charge < -0.3 is 9.32 Å². The highest BCUT2D eigenvalue weighted by Crippen LogP contribution is 2.42. The molecule has 8 heteroatoms. The van der Waals surface area contributed by atoms with Crippen molar-refractivity contribution in [3.05, 3.63) is 77.8 Å². The minimum absolute atomic E-state index is 0. The van der Waals surface area contributed by atoms with Crippen molar-refractivity contribution in [3.63, 3.8) is 0 Å². The van der Waals surface area contributed by atoms with E-state index in [0.717, 1.165) is 26.1 Å². The predicted octanol–water partition coefficient (Wildman–Crippen LogP) is 4.92. The smallest absolute Gasteiger partial charge is 0.242 e. The Morgan fingerprint density at radius 2 is 1.76 bits per heavy atom. The van der Waals surface area contributed by atoms with Crippen LogP contribution in [0.25, 0.3) is 0 Å². The Morgan fingerprint density at radius 1 is 1.09 bits per heavy atom. The molecule has 3 aromatic rings. The molecular weight excluding hydrogens is 443 g/mol. The third kappa shape index (κ3) is 5.25. The van der Waals surface area contributed by atoms with Gasteiger partial charge in [0.15, 0.2) is 0 Å². The molecule has 33 heavy (non-hydrogen) atoms. The van der Waals surface area contributed by atoms with Gasteiger partial charge in [0.05, 0.1) is 5.69 Å². The van der Waals surface area contributed by atoms with E-state index in [-0.39, 0.29) is 30.4 Å². The molecule has 1 aliphatic heterocycles. The molecular formula is C25H30ClFN4O2. The van der Waals surface area contributed by atoms with Crippen LogP contribution in [-0.2, 0) is 16.8 Å². The molecule has 1 aromatic heterocycles. The summed E-state index contributed by atoms with van der Waals surface area (Å²) in [5, 5.41) is 8.33. The quantitative estimate of drug-likeness (QED) is 0.488. The summed E-state index contributed by atoms with van der Waals surface area (Å²) in [6, 6.07) is 16.8. The van der Waals surface area contributed by atoms with Crippen LogP contribution < -0.4 is 4.90 Å². The second kappa shape index (κ2) is 10.9. The molecule has 0 saturated carbocycles. The molecule has 1 aliphatic rings. The first-order chi connectivity index (χ1) is 15.5. The van der Waals surface area contributed by atoms with E-state index in [9.17, 15) is 9.18 Å². The van der Waals surface area contributed by atoms with Gasteiger partial charge in [-0.1, -0.05) is 49.4 Å². The van der Waals surface area contributed by atoms with Crippen molar-refractivity contribution in [1.82, 2.24) is 15.1 Å². The van der Waals surface area contributed by atoms with Gasteiger partial charge in [0.2, 0.25) is 17.7 Å². The van der Waals surface area contributed by atoms with Crippen LogP contribution in [0.2, 0.25) is 0 Å². The second-order valence-corrected chi connectivity index (χ2v) is 8.27. The Kier molecular flexibility index (Phi) is 8.21. The highest BCUT2D eigenvalue weighted by Gasteiger charge is 2.48. The number of halogens is 2. The summed E-state index contributed by atoms with van der Waals surface area (Å²) < 4.78 is 20.8. The number of rotatable bonds is 7. The molecule has 2 aromatic carbocycles. The third-order valence-corrected chi connectivity index (χ3v) is 6.24. The summed E-state index contributed by atoms with van der Waals surface area (Å²) in [4.78, 5) is 17.1. The zero-order chi connectivity index (χ0) is 22.6. The average Bonchev–Trinajstić information content (AvgIpc) is 3.27. The van der Waals surface area contributed by atoms with Crippen LogP contribution in [-0.4, -0.2) is 40.6 Å². The number of aromatic nitrogens is 2. The van der Waals surface area contributed by atoms with E-state index >= 15 is 0 Å². The van der Waals surface area contributed by atoms with Crippen LogP contribution in [0, 0.1) is 12.7 Å². The number of hydrogen-bond donors (Lipinski definition) is 0. The lowest BCUT2D eigenvalue weighted by atomic mass is 9.84. The number of aryl methyl sites for hydroxylation is 1. The van der Waals surface area contributed by atoms with Crippen LogP contribution in [0.3, 0.4) is 0 Å². The molecule has 2 heterocycles. The number of benzene rings is 2. The van der Waals surface area contributed by atoms with E-state index in [2.05, 4.69) is 39.4 Å². The number of piperidine rings is 1. The van der Waals surface area contributed by atoms with Crippen molar-refractivity contribution in [3.8, 4) is 0 Å². The highest BCUT2D eigenvalue weighted by atomic mass is 35.5. The summed E-state index contributed by atoms with van der Waals surface area (Å²) in [6.07, 6.45) is 2.38. The van der Waals surface area contributed by atoms with E-state index in [0.29, 0.717) is 24.6 Å². The number of hydrogen-bond acceptors (Lipinski definition) is 5. The van der Waals surface area contributed by atoms with Gasteiger partial charge in [-0.05, 0) is 37.0 Å². The van der Waals surface area contributed by atoms with E-state index in [4.69, 9.17) is 4.42 Å². The van der Waals surface area contributed by atoms with Crippen LogP contribution in [0.4, 0.5) is 10.1 Å². The van der Waals surface area contributed by atoms with Gasteiger partial charge in [0, 0.05) is 33.0 Å². The van der Waals surface area contributed by atoms with Crippen LogP contribution >= 0.6 is 12.4 Å². The van der Waals surface area contributed by atoms with E-state index in [1.807, 2.05) is 6.07 Å². The second-order valence-electron chi connectivity index (χ2n) is 8.27. The molecule has 0 unspecified atom stereocenters. The largest absolute Gasteiger partial charge is 0.423 e. The van der Waals surface area contributed by atoms with Crippen LogP contribution in [0.1, 0.15) is 43.5 Å². The fourth-order valence-electron chi connectivity index (χ4n) is 4.49. The number of likely N-dealkylation sites (tertiary alicyclic amines) is 1. The van der Waals surface area contributed by atoms with Crippen molar-refractivity contribution < 1.29 is 13.6 Å². The van der Waals surface area contributed by atoms with Gasteiger partial charge in [0.25, 0.3) is 0 Å². The van der Waals surface area contributed by atoms with E-state index in [1.54, 1.807) is 36.9 Å². The van der Waals surface area contributed by atoms with Crippen molar-refractivity contribution in [2.75, 3.05) is 24.5 Å². The Hall–Kier alpha value is -2.77. The van der Waals surface area contributed by atoms with Crippen molar-refractivity contribution in [2.45, 2.75) is 45.1 Å². The monoisotopic (exact) mass is 472 g/mol. The van der Waals surface area contributed by atoms with E-state index in [1.165, 1.54) is 11.6 Å². The lowest BCUT2D eigenvalue weighted by Crippen LogP contribution is -2.56. The third-order valence-electron chi connectivity index (χ3n) is 6.24. The molecule has 0 bridgehead atoms. The van der Waals surface area contributed by atoms with Gasteiger partial charge in [-0.15, -0.1) is 22.6 Å². The first kappa shape index (κ1) is 24.9. The summed E-state index contributed by atoms with van der Waals surface area (Å²) >= 11 is 0. The maximum atomic E-state index is 14.9. The minimum Gasteiger partial charge on any atom is -0.423 e. The predicted molar refractivity (Wildman–Crippen MR) is 128 cm³/mol. The molecule has 176 valence electrons. The summed E-state index contributed by atoms with van der Waals surface area (Å²) in [5.41, 5.74) is 0.679. The molecule has 0 spiro atoms. The van der Waals surface area contributed by atoms with Gasteiger partial charge in [-0.3, -0.25) is 9.69 Å². The first-order valence-corrected chi connectivity index (χ1v) is 11.2. The minimum atomic E-state index is -0.875. The lowest BCUT2D eigenvalue weighted by molar-refractivity contribution is -0.120. The number of anilines is 1. The fourth-order valence-corrected chi connectivity index (χ4v) is 4.49. The van der Waals surface area contributed by atoms with Gasteiger partial charge in [-0.25, -0.2) is 4.39 Å². The highest BCUT2D eigenvalue weighted by molar-refractivity contribution is 5.94. The Balaban J connectivity index is 0.00000306. The SMILES string of the molecule is CCC(=O)N(c1ccccc1F)C1(c2nnc(C)o2)CCN(CCc2ccccc2)CC1.Cl. The first-order valence-electron chi connectivity index (χ1n) is 11.2. The van der Waals surface area contributed by atoms with E-state index < -0.39 is 11.4 Å². The topological polar surface area (TPSA) is 62.5 Å². The maximum absolute atomic E-state index is 14.9. The maximum Gasteiger partial charge on any atom is 0.242 e. The van der Waals surface area contributed by atoms with Gasteiger partial charge in [0.1, 0.15) is 11.4 Å². The zero-order valence-corrected chi connectivity index (χ0v) is 19.9. The number of carbonyl (C=O) groups excluding carboxylic acids is 1. The van der Waals surface area contributed by atoms with Crippen LogP contribution in [0.15, 0.2) is 59.0 Å². The number of amides is 1. The Bertz CT molecular complexity index is 1050. The Labute approximate surface area is 200 Å². The lowest BCUT2D eigenvalue weighted by Gasteiger charge is -2.46. The summed E-state index contributed by atoms with van der Waals surface area (Å²) in [5.74, 6) is 0.214. The molecule has 1 saturated heterocycles. The molecule has 1 fully saturated rings. The molecule has 1 amide bonds.